The van der Waals surface area contributed by atoms with Gasteiger partial charge in [0.1, 0.15) is 0 Å². The van der Waals surface area contributed by atoms with Gasteiger partial charge in [0, 0.05) is 39.4 Å². The molecule has 0 aliphatic carbocycles. The molecule has 0 unspecified atom stereocenters. The molecule has 1 aliphatic rings. The van der Waals surface area contributed by atoms with E-state index in [0.29, 0.717) is 0 Å². The number of rotatable bonds is 6. The number of aryl methyl sites for hydroxylation is 1. The van der Waals surface area contributed by atoms with Crippen LogP contribution in [0.4, 0.5) is 0 Å². The van der Waals surface area contributed by atoms with Crippen molar-refractivity contribution in [1.29, 1.82) is 0 Å². The van der Waals surface area contributed by atoms with Crippen molar-refractivity contribution in [3.05, 3.63) is 127 Å². The van der Waals surface area contributed by atoms with E-state index < -0.39 is 0 Å². The van der Waals surface area contributed by atoms with E-state index in [1.165, 1.54) is 33.5 Å². The fraction of sp³-hybridized carbons (Fsp3) is 0.167. The smallest absolute Gasteiger partial charge is 0.0870 e. The summed E-state index contributed by atoms with van der Waals surface area (Å²) in [4.78, 5) is 11.8. The number of hydrogen-bond donors (Lipinski definition) is 2. The molecule has 2 N–H and O–H groups in total. The Morgan fingerprint density at radius 1 is 0.833 bits per heavy atom. The number of H-pyrrole nitrogens is 2. The SMILES string of the molecule is CCc1cc(=Cc2[nH]c(Cc3ccc(Cl)cc3)cc2Cc2ccc(Cl)cc2)[nH]c1=C1C=C(C)C=N1.Cl. The first-order valence-electron chi connectivity index (χ1n) is 11.8. The van der Waals surface area contributed by atoms with E-state index in [1.54, 1.807) is 0 Å². The van der Waals surface area contributed by atoms with E-state index in [1.807, 2.05) is 30.5 Å². The lowest BCUT2D eigenvalue weighted by Gasteiger charge is -2.01. The molecule has 0 atom stereocenters. The summed E-state index contributed by atoms with van der Waals surface area (Å²) >= 11 is 12.2. The zero-order chi connectivity index (χ0) is 24.4. The van der Waals surface area contributed by atoms with Crippen molar-refractivity contribution in [2.75, 3.05) is 0 Å². The van der Waals surface area contributed by atoms with Gasteiger partial charge in [0.2, 0.25) is 0 Å². The maximum Gasteiger partial charge on any atom is 0.0870 e. The van der Waals surface area contributed by atoms with E-state index >= 15 is 0 Å². The molecule has 0 radical (unpaired) electrons. The zero-order valence-corrected chi connectivity index (χ0v) is 22.6. The molecule has 3 nitrogen and oxygen atoms in total. The summed E-state index contributed by atoms with van der Waals surface area (Å²) in [5, 5.41) is 3.66. The number of aliphatic imine (C=N–C) groups is 1. The van der Waals surface area contributed by atoms with Crippen molar-refractivity contribution < 1.29 is 0 Å². The highest BCUT2D eigenvalue weighted by molar-refractivity contribution is 6.30. The maximum atomic E-state index is 6.11. The summed E-state index contributed by atoms with van der Waals surface area (Å²) < 4.78 is 0. The van der Waals surface area contributed by atoms with Gasteiger partial charge in [0.05, 0.1) is 11.0 Å². The molecular formula is C30H28Cl3N3. The monoisotopic (exact) mass is 535 g/mol. The molecule has 0 spiro atoms. The van der Waals surface area contributed by atoms with Crippen LogP contribution in [0, 0.1) is 0 Å². The molecule has 0 amide bonds. The first-order valence-corrected chi connectivity index (χ1v) is 12.6. The van der Waals surface area contributed by atoms with Crippen molar-refractivity contribution in [1.82, 2.24) is 9.97 Å². The van der Waals surface area contributed by atoms with Gasteiger partial charge < -0.3 is 9.97 Å². The highest BCUT2D eigenvalue weighted by Gasteiger charge is 2.10. The van der Waals surface area contributed by atoms with Crippen LogP contribution in [0.1, 0.15) is 47.5 Å². The Balaban J connectivity index is 0.00000304. The fourth-order valence-corrected chi connectivity index (χ4v) is 4.70. The second-order valence-electron chi connectivity index (χ2n) is 8.99. The Labute approximate surface area is 227 Å². The predicted octanol–water partition coefficient (Wildman–Crippen LogP) is 6.78. The molecule has 5 rings (SSSR count). The zero-order valence-electron chi connectivity index (χ0n) is 20.2. The number of nitrogens with one attached hydrogen (secondary N) is 2. The minimum atomic E-state index is 0. The molecule has 4 aromatic rings. The van der Waals surface area contributed by atoms with E-state index in [4.69, 9.17) is 23.2 Å². The Morgan fingerprint density at radius 3 is 2.06 bits per heavy atom. The van der Waals surface area contributed by atoms with Crippen molar-refractivity contribution >= 4 is 53.6 Å². The molecule has 3 heterocycles. The summed E-state index contributed by atoms with van der Waals surface area (Å²) in [6.07, 6.45) is 8.81. The van der Waals surface area contributed by atoms with Gasteiger partial charge in [0.15, 0.2) is 0 Å². The number of allylic oxidation sites excluding steroid dienone is 1. The van der Waals surface area contributed by atoms with Crippen LogP contribution in [-0.4, -0.2) is 16.2 Å². The average molecular weight is 537 g/mol. The Hall–Kier alpha value is -2.98. The van der Waals surface area contributed by atoms with Gasteiger partial charge in [-0.15, -0.1) is 12.4 Å². The molecule has 0 fully saturated rings. The van der Waals surface area contributed by atoms with Gasteiger partial charge in [0.25, 0.3) is 0 Å². The van der Waals surface area contributed by atoms with Crippen LogP contribution in [0.2, 0.25) is 10.0 Å². The number of aromatic nitrogens is 2. The van der Waals surface area contributed by atoms with Gasteiger partial charge in [-0.3, -0.25) is 4.99 Å². The molecule has 1 aliphatic heterocycles. The summed E-state index contributed by atoms with van der Waals surface area (Å²) in [7, 11) is 0. The van der Waals surface area contributed by atoms with Crippen LogP contribution in [0.15, 0.2) is 77.3 Å². The number of benzene rings is 2. The lowest BCUT2D eigenvalue weighted by atomic mass is 10.0. The van der Waals surface area contributed by atoms with Gasteiger partial charge in [-0.2, -0.15) is 0 Å². The van der Waals surface area contributed by atoms with Crippen LogP contribution in [0.3, 0.4) is 0 Å². The van der Waals surface area contributed by atoms with E-state index in [-0.39, 0.29) is 12.4 Å². The predicted molar refractivity (Wildman–Crippen MR) is 155 cm³/mol. The largest absolute Gasteiger partial charge is 0.358 e. The van der Waals surface area contributed by atoms with Gasteiger partial charge in [-0.1, -0.05) is 54.4 Å². The Morgan fingerprint density at radius 2 is 1.47 bits per heavy atom. The van der Waals surface area contributed by atoms with Crippen LogP contribution < -0.4 is 10.7 Å². The van der Waals surface area contributed by atoms with Crippen molar-refractivity contribution in [2.45, 2.75) is 33.1 Å². The average Bonchev–Trinajstić information content (AvgIpc) is 3.56. The second kappa shape index (κ2) is 11.4. The normalized spacial score (nSPS) is 14.8. The Bertz CT molecular complexity index is 1540. The minimum Gasteiger partial charge on any atom is -0.358 e. The summed E-state index contributed by atoms with van der Waals surface area (Å²) in [5.41, 5.74) is 9.38. The summed E-state index contributed by atoms with van der Waals surface area (Å²) in [5.74, 6) is 0. The van der Waals surface area contributed by atoms with Gasteiger partial charge in [-0.05, 0) is 96.1 Å². The number of hydrogen-bond acceptors (Lipinski definition) is 1. The van der Waals surface area contributed by atoms with Crippen molar-refractivity contribution in [3.8, 4) is 0 Å². The quantitative estimate of drug-likeness (QED) is 0.273. The molecule has 0 saturated heterocycles. The van der Waals surface area contributed by atoms with E-state index in [9.17, 15) is 0 Å². The minimum absolute atomic E-state index is 0. The first kappa shape index (κ1) is 26.1. The molecule has 0 saturated carbocycles. The molecule has 2 aromatic heterocycles. The van der Waals surface area contributed by atoms with Crippen LogP contribution in [-0.2, 0) is 19.3 Å². The fourth-order valence-electron chi connectivity index (χ4n) is 4.45. The number of halogens is 3. The van der Waals surface area contributed by atoms with Crippen molar-refractivity contribution in [3.63, 3.8) is 0 Å². The van der Waals surface area contributed by atoms with E-state index in [0.717, 1.165) is 51.4 Å². The highest BCUT2D eigenvalue weighted by atomic mass is 35.5. The molecule has 36 heavy (non-hydrogen) atoms. The third-order valence-corrected chi connectivity index (χ3v) is 6.74. The lowest BCUT2D eigenvalue weighted by Crippen LogP contribution is -2.14. The maximum absolute atomic E-state index is 6.11. The molecule has 6 heteroatoms. The molecule has 184 valence electrons. The standard InChI is InChI=1S/C30H27Cl2N3.ClH/c1-3-22-15-27(35-30(22)29-12-19(2)18-33-29)17-28-23(13-20-4-8-24(31)9-5-20)16-26(34-28)14-21-6-10-25(32)11-7-21;/h4-12,15-18,34-35H,3,13-14H2,1-2H3;1H. The van der Waals surface area contributed by atoms with Crippen LogP contribution in [0.5, 0.6) is 0 Å². The van der Waals surface area contributed by atoms with Gasteiger partial charge >= 0.3 is 0 Å². The topological polar surface area (TPSA) is 43.9 Å². The number of aromatic amines is 2. The van der Waals surface area contributed by atoms with Crippen LogP contribution >= 0.6 is 35.6 Å². The third-order valence-electron chi connectivity index (χ3n) is 6.23. The second-order valence-corrected chi connectivity index (χ2v) is 9.87. The molecular weight excluding hydrogens is 509 g/mol. The van der Waals surface area contributed by atoms with E-state index in [2.05, 4.69) is 77.4 Å². The van der Waals surface area contributed by atoms with Gasteiger partial charge in [-0.25, -0.2) is 0 Å². The van der Waals surface area contributed by atoms with Crippen molar-refractivity contribution in [2.24, 2.45) is 4.99 Å². The lowest BCUT2D eigenvalue weighted by molar-refractivity contribution is 1.10. The number of nitrogens with zero attached hydrogens (tertiary/aromatic N) is 1. The Kier molecular flexibility index (Phi) is 8.25. The molecule has 0 bridgehead atoms. The first-order chi connectivity index (χ1) is 17.0. The summed E-state index contributed by atoms with van der Waals surface area (Å²) in [6, 6.07) is 20.6. The summed E-state index contributed by atoms with van der Waals surface area (Å²) in [6.45, 7) is 4.25. The van der Waals surface area contributed by atoms with Crippen LogP contribution in [0.25, 0.3) is 11.8 Å². The third kappa shape index (κ3) is 6.04. The molecule has 2 aromatic carbocycles. The highest BCUT2D eigenvalue weighted by Crippen LogP contribution is 2.21.